The summed E-state index contributed by atoms with van der Waals surface area (Å²) in [6.45, 7) is 6.56. The van der Waals surface area contributed by atoms with Crippen molar-refractivity contribution < 1.29 is 0 Å². The molecule has 0 spiro atoms. The van der Waals surface area contributed by atoms with Crippen molar-refractivity contribution >= 4 is 12.2 Å². The smallest absolute Gasteiger partial charge is 0.0219 e. The van der Waals surface area contributed by atoms with E-state index in [0.29, 0.717) is 5.92 Å². The third-order valence-corrected chi connectivity index (χ3v) is 3.11. The van der Waals surface area contributed by atoms with Crippen molar-refractivity contribution in [2.75, 3.05) is 0 Å². The number of benzene rings is 2. The van der Waals surface area contributed by atoms with Gasteiger partial charge in [-0.05, 0) is 29.5 Å². The quantitative estimate of drug-likeness (QED) is 0.635. The van der Waals surface area contributed by atoms with Gasteiger partial charge < -0.3 is 0 Å². The molecule has 0 aliphatic heterocycles. The third kappa shape index (κ3) is 3.33. The summed E-state index contributed by atoms with van der Waals surface area (Å²) in [5, 5.41) is 0. The molecule has 0 aliphatic carbocycles. The molecule has 0 heteroatoms. The van der Waals surface area contributed by atoms with E-state index in [1.54, 1.807) is 0 Å². The summed E-state index contributed by atoms with van der Waals surface area (Å²) in [6.07, 6.45) is 4.33. The third-order valence-electron chi connectivity index (χ3n) is 3.11. The lowest BCUT2D eigenvalue weighted by Crippen LogP contribution is -1.85. The first kappa shape index (κ1) is 12.6. The van der Waals surface area contributed by atoms with Crippen LogP contribution < -0.4 is 0 Å². The predicted molar refractivity (Wildman–Crippen MR) is 80.6 cm³/mol. The molecule has 2 aromatic rings. The highest BCUT2D eigenvalue weighted by molar-refractivity contribution is 5.69. The molecule has 0 saturated carbocycles. The van der Waals surface area contributed by atoms with Crippen LogP contribution in [0.3, 0.4) is 0 Å². The van der Waals surface area contributed by atoms with Crippen LogP contribution in [-0.2, 0) is 0 Å². The summed E-state index contributed by atoms with van der Waals surface area (Å²) in [6, 6.07) is 17.3. The lowest BCUT2D eigenvalue weighted by Gasteiger charge is -2.04. The Labute approximate surface area is 110 Å². The average molecular weight is 236 g/mol. The van der Waals surface area contributed by atoms with Crippen LogP contribution in [0, 0.1) is 6.92 Å². The Morgan fingerprint density at radius 3 is 2.11 bits per heavy atom. The largest absolute Gasteiger partial charge is 0.0614 e. The van der Waals surface area contributed by atoms with Crippen LogP contribution in [0.15, 0.2) is 48.5 Å². The van der Waals surface area contributed by atoms with Crippen LogP contribution in [0.2, 0.25) is 0 Å². The molecular formula is C18H20. The Morgan fingerprint density at radius 1 is 0.833 bits per heavy atom. The highest BCUT2D eigenvalue weighted by atomic mass is 14.0. The molecule has 92 valence electrons. The van der Waals surface area contributed by atoms with Gasteiger partial charge in [-0.15, -0.1) is 0 Å². The van der Waals surface area contributed by atoms with E-state index in [2.05, 4.69) is 81.5 Å². The van der Waals surface area contributed by atoms with Gasteiger partial charge in [0.05, 0.1) is 0 Å². The van der Waals surface area contributed by atoms with E-state index >= 15 is 0 Å². The van der Waals surface area contributed by atoms with Crippen LogP contribution in [0.5, 0.6) is 0 Å². The Hall–Kier alpha value is -1.82. The molecule has 2 aromatic carbocycles. The minimum absolute atomic E-state index is 0.597. The van der Waals surface area contributed by atoms with Crippen LogP contribution >= 0.6 is 0 Å². The van der Waals surface area contributed by atoms with Crippen LogP contribution in [0.4, 0.5) is 0 Å². The summed E-state index contributed by atoms with van der Waals surface area (Å²) >= 11 is 0. The van der Waals surface area contributed by atoms with Gasteiger partial charge >= 0.3 is 0 Å². The molecule has 18 heavy (non-hydrogen) atoms. The fourth-order valence-corrected chi connectivity index (χ4v) is 1.96. The Kier molecular flexibility index (Phi) is 3.99. The van der Waals surface area contributed by atoms with Crippen molar-refractivity contribution in [1.82, 2.24) is 0 Å². The number of hydrogen-bond acceptors (Lipinski definition) is 0. The highest BCUT2D eigenvalue weighted by Gasteiger charge is 1.97. The van der Waals surface area contributed by atoms with Gasteiger partial charge in [0.2, 0.25) is 0 Å². The molecule has 0 bridgehead atoms. The zero-order valence-electron chi connectivity index (χ0n) is 11.4. The second-order valence-corrected chi connectivity index (χ2v) is 5.07. The second-order valence-electron chi connectivity index (χ2n) is 5.07. The lowest BCUT2D eigenvalue weighted by molar-refractivity contribution is 0.866. The maximum absolute atomic E-state index is 2.22. The average Bonchev–Trinajstić information content (AvgIpc) is 2.37. The summed E-state index contributed by atoms with van der Waals surface area (Å²) in [7, 11) is 0. The first-order chi connectivity index (χ1) is 8.65. The van der Waals surface area contributed by atoms with Crippen molar-refractivity contribution in [1.29, 1.82) is 0 Å². The lowest BCUT2D eigenvalue weighted by atomic mass is 10.0. The van der Waals surface area contributed by atoms with E-state index in [9.17, 15) is 0 Å². The summed E-state index contributed by atoms with van der Waals surface area (Å²) < 4.78 is 0. The fraction of sp³-hybridized carbons (Fsp3) is 0.222. The van der Waals surface area contributed by atoms with Gasteiger partial charge in [0, 0.05) is 0 Å². The molecule has 0 saturated heterocycles. The van der Waals surface area contributed by atoms with Gasteiger partial charge in [-0.2, -0.15) is 0 Å². The molecule has 0 N–H and O–H groups in total. The summed E-state index contributed by atoms with van der Waals surface area (Å²) in [5.74, 6) is 0.597. The molecule has 0 amide bonds. The normalized spacial score (nSPS) is 11.3. The van der Waals surface area contributed by atoms with Crippen LogP contribution in [0.25, 0.3) is 12.2 Å². The topological polar surface area (TPSA) is 0 Å². The Balaban J connectivity index is 2.14. The van der Waals surface area contributed by atoms with Gasteiger partial charge in [0.15, 0.2) is 0 Å². The maximum atomic E-state index is 2.22. The second kappa shape index (κ2) is 5.68. The molecule has 0 atom stereocenters. The summed E-state index contributed by atoms with van der Waals surface area (Å²) in [5.41, 5.74) is 5.19. The molecule has 0 nitrogen and oxygen atoms in total. The van der Waals surface area contributed by atoms with Gasteiger partial charge in [0.1, 0.15) is 0 Å². The standard InChI is InChI=1S/C18H20/c1-14(2)18-11-9-16(10-12-18)7-8-17-6-4-5-15(3)13-17/h4-14H,1-3H3/b8-7+. The zero-order chi connectivity index (χ0) is 13.0. The van der Waals surface area contributed by atoms with Crippen molar-refractivity contribution in [3.63, 3.8) is 0 Å². The number of hydrogen-bond donors (Lipinski definition) is 0. The van der Waals surface area contributed by atoms with Crippen LogP contribution in [0.1, 0.15) is 42.0 Å². The van der Waals surface area contributed by atoms with Crippen molar-refractivity contribution in [2.45, 2.75) is 26.7 Å². The molecule has 0 radical (unpaired) electrons. The molecule has 2 rings (SSSR count). The minimum atomic E-state index is 0.597. The fourth-order valence-electron chi connectivity index (χ4n) is 1.96. The van der Waals surface area contributed by atoms with Crippen molar-refractivity contribution in [2.24, 2.45) is 0 Å². The monoisotopic (exact) mass is 236 g/mol. The number of aryl methyl sites for hydroxylation is 1. The minimum Gasteiger partial charge on any atom is -0.0614 e. The SMILES string of the molecule is Cc1cccc(/C=C/c2ccc(C(C)C)cc2)c1. The Bertz CT molecular complexity index is 530. The van der Waals surface area contributed by atoms with E-state index in [1.165, 1.54) is 22.3 Å². The molecule has 0 unspecified atom stereocenters. The molecule has 0 fully saturated rings. The van der Waals surface area contributed by atoms with E-state index in [0.717, 1.165) is 0 Å². The van der Waals surface area contributed by atoms with Crippen molar-refractivity contribution in [3.8, 4) is 0 Å². The first-order valence-corrected chi connectivity index (χ1v) is 6.50. The highest BCUT2D eigenvalue weighted by Crippen LogP contribution is 2.16. The van der Waals surface area contributed by atoms with Gasteiger partial charge in [-0.3, -0.25) is 0 Å². The summed E-state index contributed by atoms with van der Waals surface area (Å²) in [4.78, 5) is 0. The maximum Gasteiger partial charge on any atom is -0.0219 e. The van der Waals surface area contributed by atoms with Crippen molar-refractivity contribution in [3.05, 3.63) is 70.8 Å². The predicted octanol–water partition coefficient (Wildman–Crippen LogP) is 5.29. The molecule has 0 aromatic heterocycles. The number of rotatable bonds is 3. The van der Waals surface area contributed by atoms with Gasteiger partial charge in [-0.25, -0.2) is 0 Å². The van der Waals surface area contributed by atoms with Gasteiger partial charge in [0.25, 0.3) is 0 Å². The Morgan fingerprint density at radius 2 is 1.50 bits per heavy atom. The molecule has 0 aliphatic rings. The van der Waals surface area contributed by atoms with Gasteiger partial charge in [-0.1, -0.05) is 80.1 Å². The van der Waals surface area contributed by atoms with E-state index in [4.69, 9.17) is 0 Å². The molecule has 0 heterocycles. The first-order valence-electron chi connectivity index (χ1n) is 6.50. The zero-order valence-corrected chi connectivity index (χ0v) is 11.4. The van der Waals surface area contributed by atoms with Crippen LogP contribution in [-0.4, -0.2) is 0 Å². The molecular weight excluding hydrogens is 216 g/mol. The van der Waals surface area contributed by atoms with E-state index in [-0.39, 0.29) is 0 Å². The van der Waals surface area contributed by atoms with E-state index < -0.39 is 0 Å². The van der Waals surface area contributed by atoms with E-state index in [1.807, 2.05) is 0 Å².